The highest BCUT2D eigenvalue weighted by Crippen LogP contribution is 2.60. The van der Waals surface area contributed by atoms with E-state index >= 15 is 0 Å². The molecule has 1 unspecified atom stereocenters. The molecule has 34 heavy (non-hydrogen) atoms. The summed E-state index contributed by atoms with van der Waals surface area (Å²) in [5.41, 5.74) is 0.254. The highest BCUT2D eigenvalue weighted by molar-refractivity contribution is 5.96. The molecular weight excluding hydrogens is 440 g/mol. The van der Waals surface area contributed by atoms with Crippen LogP contribution in [0.2, 0.25) is 0 Å². The van der Waals surface area contributed by atoms with E-state index in [1.165, 1.54) is 19.3 Å². The summed E-state index contributed by atoms with van der Waals surface area (Å²) in [5, 5.41) is 9.59. The van der Waals surface area contributed by atoms with Gasteiger partial charge >= 0.3 is 0 Å². The van der Waals surface area contributed by atoms with Crippen molar-refractivity contribution in [1.82, 2.24) is 10.5 Å². The Labute approximate surface area is 197 Å². The number of aromatic nitrogens is 1. The Bertz CT molecular complexity index is 1030. The number of hydrogen-bond acceptors (Lipinski definition) is 4. The zero-order chi connectivity index (χ0) is 23.9. The van der Waals surface area contributed by atoms with Crippen molar-refractivity contribution in [2.75, 3.05) is 5.32 Å². The number of rotatable bonds is 8. The second-order valence-electron chi connectivity index (χ2n) is 10.6. The van der Waals surface area contributed by atoms with Gasteiger partial charge < -0.3 is 15.2 Å². The highest BCUT2D eigenvalue weighted by atomic mass is 19.1. The Morgan fingerprint density at radius 3 is 2.26 bits per heavy atom. The van der Waals surface area contributed by atoms with Crippen LogP contribution < -0.4 is 10.6 Å². The molecule has 182 valence electrons. The molecule has 2 aromatic rings. The third kappa shape index (κ3) is 4.72. The summed E-state index contributed by atoms with van der Waals surface area (Å²) >= 11 is 0. The molecule has 4 saturated carbocycles. The largest absolute Gasteiger partial charge is 0.359 e. The molecule has 0 radical (unpaired) electrons. The number of halogens is 2. The van der Waals surface area contributed by atoms with Crippen LogP contribution in [0.4, 0.5) is 14.6 Å². The number of anilines is 1. The first-order valence-corrected chi connectivity index (χ1v) is 12.3. The van der Waals surface area contributed by atoms with Gasteiger partial charge in [-0.3, -0.25) is 9.59 Å². The fourth-order valence-corrected chi connectivity index (χ4v) is 6.91. The Balaban J connectivity index is 1.23. The van der Waals surface area contributed by atoms with Crippen molar-refractivity contribution in [1.29, 1.82) is 0 Å². The quantitative estimate of drug-likeness (QED) is 0.574. The maximum atomic E-state index is 13.4. The molecule has 2 N–H and O–H groups in total. The van der Waals surface area contributed by atoms with E-state index in [0.717, 1.165) is 61.0 Å². The van der Waals surface area contributed by atoms with Crippen LogP contribution in [-0.4, -0.2) is 23.0 Å². The maximum absolute atomic E-state index is 13.4. The second kappa shape index (κ2) is 9.12. The van der Waals surface area contributed by atoms with Gasteiger partial charge in [-0.1, -0.05) is 18.5 Å². The third-order valence-electron chi connectivity index (χ3n) is 7.84. The molecule has 1 atom stereocenters. The molecule has 1 aromatic heterocycles. The lowest BCUT2D eigenvalue weighted by Gasteiger charge is -2.55. The molecule has 4 aliphatic carbocycles. The van der Waals surface area contributed by atoms with Crippen molar-refractivity contribution >= 4 is 17.6 Å². The van der Waals surface area contributed by atoms with Crippen molar-refractivity contribution in [3.05, 3.63) is 47.2 Å². The van der Waals surface area contributed by atoms with Crippen molar-refractivity contribution < 1.29 is 22.9 Å². The Hall–Kier alpha value is -2.77. The van der Waals surface area contributed by atoms with E-state index in [1.54, 1.807) is 0 Å². The predicted octanol–water partition coefficient (Wildman–Crippen LogP) is 4.89. The van der Waals surface area contributed by atoms with E-state index in [-0.39, 0.29) is 23.3 Å². The number of carbonyl (C=O) groups excluding carboxylic acids is 2. The van der Waals surface area contributed by atoms with Crippen molar-refractivity contribution in [3.8, 4) is 0 Å². The summed E-state index contributed by atoms with van der Waals surface area (Å²) in [6.07, 6.45) is 8.28. The van der Waals surface area contributed by atoms with E-state index in [4.69, 9.17) is 4.52 Å². The average molecular weight is 472 g/mol. The normalized spacial score (nSPS) is 28.0. The smallest absolute Gasteiger partial charge is 0.248 e. The Morgan fingerprint density at radius 1 is 1.06 bits per heavy atom. The van der Waals surface area contributed by atoms with Gasteiger partial charge in [0.15, 0.2) is 5.82 Å². The first-order valence-electron chi connectivity index (χ1n) is 12.3. The van der Waals surface area contributed by atoms with Crippen molar-refractivity contribution in [3.63, 3.8) is 0 Å². The number of hydrogen-bond donors (Lipinski definition) is 2. The van der Waals surface area contributed by atoms with Crippen LogP contribution in [0.1, 0.15) is 69.6 Å². The minimum Gasteiger partial charge on any atom is -0.359 e. The van der Waals surface area contributed by atoms with Gasteiger partial charge in [-0.25, -0.2) is 8.78 Å². The van der Waals surface area contributed by atoms with E-state index < -0.39 is 23.6 Å². The highest BCUT2D eigenvalue weighted by Gasteiger charge is 2.53. The van der Waals surface area contributed by atoms with Gasteiger partial charge in [0, 0.05) is 17.5 Å². The number of benzene rings is 1. The number of carbonyl (C=O) groups is 2. The summed E-state index contributed by atoms with van der Waals surface area (Å²) in [6, 6.07) is 4.05. The van der Waals surface area contributed by atoms with E-state index in [0.29, 0.717) is 18.7 Å². The molecule has 1 aromatic carbocycles. The Kier molecular flexibility index (Phi) is 6.16. The van der Waals surface area contributed by atoms with Crippen molar-refractivity contribution in [2.45, 2.75) is 76.2 Å². The number of nitrogens with zero attached hydrogens (tertiary/aromatic N) is 1. The molecule has 6 rings (SSSR count). The third-order valence-corrected chi connectivity index (χ3v) is 7.84. The van der Waals surface area contributed by atoms with Crippen LogP contribution >= 0.6 is 0 Å². The van der Waals surface area contributed by atoms with Crippen molar-refractivity contribution in [2.24, 2.45) is 17.8 Å². The van der Waals surface area contributed by atoms with Crippen LogP contribution in [-0.2, 0) is 21.4 Å². The molecule has 8 heteroatoms. The zero-order valence-corrected chi connectivity index (χ0v) is 19.4. The first kappa shape index (κ1) is 23.0. The van der Waals surface area contributed by atoms with E-state index in [1.807, 2.05) is 13.0 Å². The molecular formula is C26H31F2N3O3. The summed E-state index contributed by atoms with van der Waals surface area (Å²) < 4.78 is 32.6. The van der Waals surface area contributed by atoms with E-state index in [2.05, 4.69) is 15.8 Å². The van der Waals surface area contributed by atoms with Crippen LogP contribution in [0, 0.1) is 29.4 Å². The van der Waals surface area contributed by atoms with Gasteiger partial charge in [0.1, 0.15) is 23.4 Å². The monoisotopic (exact) mass is 471 g/mol. The summed E-state index contributed by atoms with van der Waals surface area (Å²) in [4.78, 5) is 25.4. The first-order chi connectivity index (χ1) is 16.3. The van der Waals surface area contributed by atoms with Crippen LogP contribution in [0.25, 0.3) is 0 Å². The van der Waals surface area contributed by atoms with Crippen LogP contribution in [0.5, 0.6) is 0 Å². The summed E-state index contributed by atoms with van der Waals surface area (Å²) in [6.45, 7) is 1.91. The Morgan fingerprint density at radius 2 is 1.68 bits per heavy atom. The molecule has 1 heterocycles. The lowest BCUT2D eigenvalue weighted by atomic mass is 9.49. The SMILES string of the molecule is CCCC(NC(=O)Cc1cc(F)cc(F)c1)C(=O)Nc1cc(C23CC4CC(CC(C4)C2)C3)on1. The minimum absolute atomic E-state index is 0.0436. The molecule has 0 saturated heterocycles. The van der Waals surface area contributed by atoms with Gasteiger partial charge in [0.2, 0.25) is 11.8 Å². The minimum atomic E-state index is -0.782. The summed E-state index contributed by atoms with van der Waals surface area (Å²) in [7, 11) is 0. The fourth-order valence-electron chi connectivity index (χ4n) is 6.91. The standard InChI is InChI=1S/C26H31F2N3O3/c1-2-3-21(29-24(32)9-15-7-19(27)10-20(28)8-15)25(33)30-23-11-22(34-31-23)26-12-16-4-17(13-26)6-18(5-16)14-26/h7-8,10-11,16-18,21H,2-6,9,12-14H2,1H3,(H,29,32)(H,30,31,33). The number of nitrogens with one attached hydrogen (secondary N) is 2. The van der Waals surface area contributed by atoms with Gasteiger partial charge in [-0.15, -0.1) is 0 Å². The molecule has 4 bridgehead atoms. The lowest BCUT2D eigenvalue weighted by Crippen LogP contribution is -2.48. The predicted molar refractivity (Wildman–Crippen MR) is 122 cm³/mol. The number of amides is 2. The maximum Gasteiger partial charge on any atom is 0.248 e. The van der Waals surface area contributed by atoms with Gasteiger partial charge in [-0.2, -0.15) is 0 Å². The topological polar surface area (TPSA) is 84.2 Å². The molecule has 4 aliphatic rings. The zero-order valence-electron chi connectivity index (χ0n) is 19.4. The van der Waals surface area contributed by atoms with Gasteiger partial charge in [0.25, 0.3) is 0 Å². The molecule has 0 spiro atoms. The molecule has 6 nitrogen and oxygen atoms in total. The fraction of sp³-hybridized carbons (Fsp3) is 0.577. The molecule has 2 amide bonds. The lowest BCUT2D eigenvalue weighted by molar-refractivity contribution is -0.126. The van der Waals surface area contributed by atoms with Crippen LogP contribution in [0.15, 0.2) is 28.8 Å². The summed E-state index contributed by atoms with van der Waals surface area (Å²) in [5.74, 6) is 1.18. The second-order valence-corrected chi connectivity index (χ2v) is 10.6. The average Bonchev–Trinajstić information content (AvgIpc) is 3.21. The van der Waals surface area contributed by atoms with E-state index in [9.17, 15) is 18.4 Å². The van der Waals surface area contributed by atoms with Gasteiger partial charge in [0.05, 0.1) is 6.42 Å². The molecule has 4 fully saturated rings. The molecule has 0 aliphatic heterocycles. The van der Waals surface area contributed by atoms with Crippen LogP contribution in [0.3, 0.4) is 0 Å². The van der Waals surface area contributed by atoms with Gasteiger partial charge in [-0.05, 0) is 80.4 Å².